The second-order valence-corrected chi connectivity index (χ2v) is 5.93. The van der Waals surface area contributed by atoms with Gasteiger partial charge in [-0.3, -0.25) is 4.79 Å². The highest BCUT2D eigenvalue weighted by molar-refractivity contribution is 9.10. The van der Waals surface area contributed by atoms with E-state index in [0.717, 1.165) is 10.0 Å². The first-order chi connectivity index (χ1) is 8.04. The summed E-state index contributed by atoms with van der Waals surface area (Å²) in [5.74, 6) is -0.0597. The van der Waals surface area contributed by atoms with Gasteiger partial charge in [0, 0.05) is 23.7 Å². The minimum absolute atomic E-state index is 0.0597. The topological polar surface area (TPSA) is 38.3 Å². The number of halogens is 2. The Kier molecular flexibility index (Phi) is 6.16. The number of hydrogen-bond donors (Lipinski definition) is 1. The van der Waals surface area contributed by atoms with Crippen molar-refractivity contribution in [2.45, 2.75) is 11.8 Å². The van der Waals surface area contributed by atoms with Crippen LogP contribution in [0.15, 0.2) is 22.7 Å². The summed E-state index contributed by atoms with van der Waals surface area (Å²) in [6, 6.07) is 5.60. The highest BCUT2D eigenvalue weighted by Gasteiger charge is 2.11. The number of carbonyl (C=O) groups is 1. The SMILES string of the molecule is COCC(Br)CNC(=O)c1ccc(Br)cc1C. The van der Waals surface area contributed by atoms with Crippen LogP contribution in [-0.4, -0.2) is 31.0 Å². The van der Waals surface area contributed by atoms with Crippen molar-refractivity contribution in [1.29, 1.82) is 0 Å². The van der Waals surface area contributed by atoms with Gasteiger partial charge in [0.25, 0.3) is 5.91 Å². The first kappa shape index (κ1) is 14.7. The Morgan fingerprint density at radius 1 is 1.53 bits per heavy atom. The van der Waals surface area contributed by atoms with Crippen molar-refractivity contribution in [3.8, 4) is 0 Å². The van der Waals surface area contributed by atoms with Gasteiger partial charge in [0.1, 0.15) is 0 Å². The third kappa shape index (κ3) is 4.77. The summed E-state index contributed by atoms with van der Waals surface area (Å²) in [6.07, 6.45) is 0. The molecule has 0 aliphatic rings. The zero-order valence-electron chi connectivity index (χ0n) is 9.80. The zero-order valence-corrected chi connectivity index (χ0v) is 13.0. The van der Waals surface area contributed by atoms with E-state index in [1.807, 2.05) is 25.1 Å². The third-order valence-corrected chi connectivity index (χ3v) is 3.35. The largest absolute Gasteiger partial charge is 0.383 e. The predicted molar refractivity (Wildman–Crippen MR) is 75.8 cm³/mol. The van der Waals surface area contributed by atoms with E-state index < -0.39 is 0 Å². The van der Waals surface area contributed by atoms with Gasteiger partial charge in [-0.25, -0.2) is 0 Å². The lowest BCUT2D eigenvalue weighted by Crippen LogP contribution is -2.31. The number of rotatable bonds is 5. The molecule has 0 heterocycles. The lowest BCUT2D eigenvalue weighted by atomic mass is 10.1. The summed E-state index contributed by atoms with van der Waals surface area (Å²) < 4.78 is 5.95. The fraction of sp³-hybridized carbons (Fsp3) is 0.417. The van der Waals surface area contributed by atoms with Crippen LogP contribution in [0.2, 0.25) is 0 Å². The van der Waals surface area contributed by atoms with Crippen molar-refractivity contribution < 1.29 is 9.53 Å². The van der Waals surface area contributed by atoms with E-state index in [4.69, 9.17) is 4.74 Å². The molecular formula is C12H15Br2NO2. The molecule has 0 bridgehead atoms. The molecule has 0 fully saturated rings. The van der Waals surface area contributed by atoms with Gasteiger partial charge in [-0.1, -0.05) is 31.9 Å². The summed E-state index contributed by atoms with van der Waals surface area (Å²) in [5.41, 5.74) is 1.65. The Bertz CT molecular complexity index is 396. The van der Waals surface area contributed by atoms with Gasteiger partial charge in [-0.2, -0.15) is 0 Å². The van der Waals surface area contributed by atoms with Gasteiger partial charge in [0.05, 0.1) is 11.4 Å². The molecule has 0 aliphatic heterocycles. The van der Waals surface area contributed by atoms with Crippen LogP contribution in [0.3, 0.4) is 0 Å². The molecule has 1 aromatic carbocycles. The number of nitrogens with one attached hydrogen (secondary N) is 1. The fourth-order valence-corrected chi connectivity index (χ4v) is 2.32. The molecule has 94 valence electrons. The second-order valence-electron chi connectivity index (χ2n) is 3.72. The van der Waals surface area contributed by atoms with Gasteiger partial charge < -0.3 is 10.1 Å². The van der Waals surface area contributed by atoms with E-state index in [-0.39, 0.29) is 10.7 Å². The van der Waals surface area contributed by atoms with E-state index in [9.17, 15) is 4.79 Å². The van der Waals surface area contributed by atoms with Gasteiger partial charge in [-0.15, -0.1) is 0 Å². The van der Waals surface area contributed by atoms with E-state index in [1.54, 1.807) is 7.11 Å². The Balaban J connectivity index is 2.58. The van der Waals surface area contributed by atoms with Crippen LogP contribution in [0.4, 0.5) is 0 Å². The Morgan fingerprint density at radius 3 is 2.82 bits per heavy atom. The van der Waals surface area contributed by atoms with Crippen LogP contribution in [0.25, 0.3) is 0 Å². The second kappa shape index (κ2) is 7.13. The molecule has 1 unspecified atom stereocenters. The molecule has 1 rings (SSSR count). The summed E-state index contributed by atoms with van der Waals surface area (Å²) in [5, 5.41) is 2.86. The maximum absolute atomic E-state index is 11.9. The van der Waals surface area contributed by atoms with Crippen LogP contribution in [0.5, 0.6) is 0 Å². The first-order valence-corrected chi connectivity index (χ1v) is 6.93. The Hall–Kier alpha value is -0.390. The molecular weight excluding hydrogens is 350 g/mol. The minimum Gasteiger partial charge on any atom is -0.383 e. The number of alkyl halides is 1. The molecule has 5 heteroatoms. The van der Waals surface area contributed by atoms with Crippen molar-refractivity contribution in [1.82, 2.24) is 5.32 Å². The van der Waals surface area contributed by atoms with Crippen LogP contribution in [0.1, 0.15) is 15.9 Å². The molecule has 0 saturated heterocycles. The lowest BCUT2D eigenvalue weighted by molar-refractivity contribution is 0.0949. The van der Waals surface area contributed by atoms with Gasteiger partial charge in [0.2, 0.25) is 0 Å². The molecule has 0 aliphatic carbocycles. The average molecular weight is 365 g/mol. The number of hydrogen-bond acceptors (Lipinski definition) is 2. The van der Waals surface area contributed by atoms with Crippen molar-refractivity contribution >= 4 is 37.8 Å². The molecule has 3 nitrogen and oxygen atoms in total. The number of benzene rings is 1. The smallest absolute Gasteiger partial charge is 0.251 e. The number of aryl methyl sites for hydroxylation is 1. The van der Waals surface area contributed by atoms with Crippen LogP contribution in [-0.2, 0) is 4.74 Å². The van der Waals surface area contributed by atoms with Gasteiger partial charge >= 0.3 is 0 Å². The number of ether oxygens (including phenoxy) is 1. The third-order valence-electron chi connectivity index (χ3n) is 2.26. The van der Waals surface area contributed by atoms with E-state index >= 15 is 0 Å². The molecule has 0 radical (unpaired) electrons. The molecule has 1 amide bonds. The van der Waals surface area contributed by atoms with E-state index in [2.05, 4.69) is 37.2 Å². The van der Waals surface area contributed by atoms with Crippen molar-refractivity contribution in [2.24, 2.45) is 0 Å². The summed E-state index contributed by atoms with van der Waals surface area (Å²) >= 11 is 6.79. The molecule has 17 heavy (non-hydrogen) atoms. The molecule has 0 aromatic heterocycles. The van der Waals surface area contributed by atoms with Crippen molar-refractivity contribution in [2.75, 3.05) is 20.3 Å². The molecule has 1 N–H and O–H groups in total. The number of carbonyl (C=O) groups excluding carboxylic acids is 1. The molecule has 0 saturated carbocycles. The predicted octanol–water partition coefficient (Wildman–Crippen LogP) is 2.90. The first-order valence-electron chi connectivity index (χ1n) is 5.22. The maximum Gasteiger partial charge on any atom is 0.251 e. The quantitative estimate of drug-likeness (QED) is 0.816. The minimum atomic E-state index is -0.0597. The fourth-order valence-electron chi connectivity index (χ4n) is 1.42. The number of methoxy groups -OCH3 is 1. The van der Waals surface area contributed by atoms with E-state index in [0.29, 0.717) is 18.7 Å². The standard InChI is InChI=1S/C12H15Br2NO2/c1-8-5-9(13)3-4-11(8)12(16)15-6-10(14)7-17-2/h3-5,10H,6-7H2,1-2H3,(H,15,16). The summed E-state index contributed by atoms with van der Waals surface area (Å²) in [7, 11) is 1.63. The van der Waals surface area contributed by atoms with Gasteiger partial charge in [0.15, 0.2) is 0 Å². The summed E-state index contributed by atoms with van der Waals surface area (Å²) in [4.78, 5) is 12.0. The molecule has 0 spiro atoms. The summed E-state index contributed by atoms with van der Waals surface area (Å²) in [6.45, 7) is 3.03. The molecule has 1 aromatic rings. The lowest BCUT2D eigenvalue weighted by Gasteiger charge is -2.11. The Morgan fingerprint density at radius 2 is 2.24 bits per heavy atom. The maximum atomic E-state index is 11.9. The van der Waals surface area contributed by atoms with Crippen molar-refractivity contribution in [3.63, 3.8) is 0 Å². The Labute approximate surface area is 118 Å². The highest BCUT2D eigenvalue weighted by Crippen LogP contribution is 2.15. The van der Waals surface area contributed by atoms with Crippen LogP contribution >= 0.6 is 31.9 Å². The normalized spacial score (nSPS) is 12.2. The van der Waals surface area contributed by atoms with Gasteiger partial charge in [-0.05, 0) is 30.7 Å². The monoisotopic (exact) mass is 363 g/mol. The van der Waals surface area contributed by atoms with Crippen LogP contribution < -0.4 is 5.32 Å². The zero-order chi connectivity index (χ0) is 12.8. The van der Waals surface area contributed by atoms with Crippen LogP contribution in [0, 0.1) is 6.92 Å². The van der Waals surface area contributed by atoms with E-state index in [1.165, 1.54) is 0 Å². The van der Waals surface area contributed by atoms with Crippen molar-refractivity contribution in [3.05, 3.63) is 33.8 Å². The number of amides is 1. The highest BCUT2D eigenvalue weighted by atomic mass is 79.9. The average Bonchev–Trinajstić information content (AvgIpc) is 2.26. The molecule has 1 atom stereocenters.